The molecule has 2 aliphatic heterocycles. The van der Waals surface area contributed by atoms with Gasteiger partial charge in [-0.2, -0.15) is 0 Å². The molecule has 1 fully saturated rings. The summed E-state index contributed by atoms with van der Waals surface area (Å²) in [5.74, 6) is -0.879. The third-order valence-electron chi connectivity index (χ3n) is 7.27. The highest BCUT2D eigenvalue weighted by Crippen LogP contribution is 2.33. The van der Waals surface area contributed by atoms with Crippen LogP contribution in [0.4, 0.5) is 22.7 Å². The number of nitrogens with zero attached hydrogens (tertiary/aromatic N) is 1. The second-order valence-electron chi connectivity index (χ2n) is 10.1. The fraction of sp³-hybridized carbons (Fsp3) is 0.152. The van der Waals surface area contributed by atoms with Crippen LogP contribution in [-0.2, 0) is 9.53 Å². The molecule has 6 rings (SSSR count). The lowest BCUT2D eigenvalue weighted by Gasteiger charge is -2.28. The van der Waals surface area contributed by atoms with Gasteiger partial charge in [0.1, 0.15) is 0 Å². The molecule has 4 aromatic rings. The van der Waals surface area contributed by atoms with Crippen LogP contribution in [0.3, 0.4) is 0 Å². The highest BCUT2D eigenvalue weighted by atomic mass is 32.1. The summed E-state index contributed by atoms with van der Waals surface area (Å²) in [7, 11) is 0. The van der Waals surface area contributed by atoms with Gasteiger partial charge in [-0.3, -0.25) is 19.2 Å². The Morgan fingerprint density at radius 1 is 0.860 bits per heavy atom. The molecule has 0 aliphatic carbocycles. The SMILES string of the molecule is CC(=O)c1ccc(C(=O)Nc2ccc(C(=O)c3ccc4c(c3)NC(=O)/C4=C/Nc3ccc(N4CCOCC4)cc3)cc2)s1. The average Bonchev–Trinajstić information content (AvgIpc) is 3.65. The number of amides is 2. The molecule has 0 unspecified atom stereocenters. The molecule has 0 spiro atoms. The second kappa shape index (κ2) is 12.0. The summed E-state index contributed by atoms with van der Waals surface area (Å²) in [5, 5.41) is 8.85. The Kier molecular flexibility index (Phi) is 7.86. The van der Waals surface area contributed by atoms with E-state index in [1.165, 1.54) is 6.92 Å². The third kappa shape index (κ3) is 6.11. The van der Waals surface area contributed by atoms with Crippen LogP contribution in [0.15, 0.2) is 85.1 Å². The highest BCUT2D eigenvalue weighted by Gasteiger charge is 2.25. The van der Waals surface area contributed by atoms with E-state index in [4.69, 9.17) is 4.74 Å². The maximum Gasteiger partial charge on any atom is 0.265 e. The topological polar surface area (TPSA) is 117 Å². The number of anilines is 4. The Morgan fingerprint density at radius 3 is 2.23 bits per heavy atom. The fourth-order valence-electron chi connectivity index (χ4n) is 4.94. The molecule has 1 saturated heterocycles. The zero-order valence-corrected chi connectivity index (χ0v) is 24.1. The Morgan fingerprint density at radius 2 is 1.53 bits per heavy atom. The number of ether oxygens (including phenoxy) is 1. The van der Waals surface area contributed by atoms with Gasteiger partial charge in [-0.25, -0.2) is 0 Å². The number of ketones is 2. The van der Waals surface area contributed by atoms with E-state index in [1.807, 2.05) is 24.3 Å². The van der Waals surface area contributed by atoms with E-state index in [-0.39, 0.29) is 23.4 Å². The third-order valence-corrected chi connectivity index (χ3v) is 8.46. The van der Waals surface area contributed by atoms with Crippen molar-refractivity contribution in [2.45, 2.75) is 6.92 Å². The van der Waals surface area contributed by atoms with Crippen molar-refractivity contribution in [3.8, 4) is 0 Å². The van der Waals surface area contributed by atoms with Crippen LogP contribution in [0, 0.1) is 0 Å². The molecule has 0 saturated carbocycles. The first-order valence-electron chi connectivity index (χ1n) is 13.8. The molecule has 2 amide bonds. The first-order chi connectivity index (χ1) is 20.9. The number of carbonyl (C=O) groups is 4. The van der Waals surface area contributed by atoms with Gasteiger partial charge in [-0.15, -0.1) is 11.3 Å². The second-order valence-corrected chi connectivity index (χ2v) is 11.2. The molecule has 216 valence electrons. The lowest BCUT2D eigenvalue weighted by atomic mass is 9.99. The van der Waals surface area contributed by atoms with Crippen molar-refractivity contribution >= 4 is 63.0 Å². The Bertz CT molecular complexity index is 1750. The largest absolute Gasteiger partial charge is 0.378 e. The van der Waals surface area contributed by atoms with Gasteiger partial charge in [0, 0.05) is 58.7 Å². The van der Waals surface area contributed by atoms with E-state index in [1.54, 1.807) is 60.8 Å². The maximum absolute atomic E-state index is 13.2. The highest BCUT2D eigenvalue weighted by molar-refractivity contribution is 7.16. The molecule has 3 aromatic carbocycles. The monoisotopic (exact) mass is 592 g/mol. The number of hydrogen-bond donors (Lipinski definition) is 3. The Labute approximate surface area is 252 Å². The molecule has 10 heteroatoms. The zero-order valence-electron chi connectivity index (χ0n) is 23.3. The number of hydrogen-bond acceptors (Lipinski definition) is 8. The maximum atomic E-state index is 13.2. The summed E-state index contributed by atoms with van der Waals surface area (Å²) in [6.45, 7) is 4.63. The first-order valence-corrected chi connectivity index (χ1v) is 14.6. The molecule has 1 aromatic heterocycles. The number of carbonyl (C=O) groups excluding carboxylic acids is 4. The predicted molar refractivity (Wildman–Crippen MR) is 168 cm³/mol. The molecule has 0 atom stereocenters. The van der Waals surface area contributed by atoms with E-state index in [2.05, 4.69) is 20.9 Å². The molecule has 0 bridgehead atoms. The van der Waals surface area contributed by atoms with Gasteiger partial charge in [0.25, 0.3) is 11.8 Å². The van der Waals surface area contributed by atoms with E-state index in [0.29, 0.717) is 43.4 Å². The minimum absolute atomic E-state index is 0.0903. The van der Waals surface area contributed by atoms with Crippen LogP contribution in [0.1, 0.15) is 47.8 Å². The lowest BCUT2D eigenvalue weighted by Crippen LogP contribution is -2.36. The zero-order chi connectivity index (χ0) is 29.9. The van der Waals surface area contributed by atoms with Crippen LogP contribution in [0.2, 0.25) is 0 Å². The number of morpholine rings is 1. The number of thiophene rings is 1. The van der Waals surface area contributed by atoms with Gasteiger partial charge >= 0.3 is 0 Å². The van der Waals surface area contributed by atoms with Crippen LogP contribution >= 0.6 is 11.3 Å². The van der Waals surface area contributed by atoms with E-state index >= 15 is 0 Å². The molecular weight excluding hydrogens is 564 g/mol. The van der Waals surface area contributed by atoms with Gasteiger partial charge in [-0.1, -0.05) is 12.1 Å². The van der Waals surface area contributed by atoms with Gasteiger partial charge in [-0.05, 0) is 73.7 Å². The van der Waals surface area contributed by atoms with Gasteiger partial charge in [0.2, 0.25) is 0 Å². The standard InChI is InChI=1S/C33H28N4O5S/c1-20(38)29-12-13-30(43-29)33(41)35-24-5-2-21(3-6-24)31(39)22-4-11-26-27(32(40)36-28(26)18-22)19-34-23-7-9-25(10-8-23)37-14-16-42-17-15-37/h2-13,18-19,34H,14-17H2,1H3,(H,35,41)(H,36,40)/b27-19+. The van der Waals surface area contributed by atoms with Gasteiger partial charge < -0.3 is 25.6 Å². The minimum Gasteiger partial charge on any atom is -0.378 e. The quantitative estimate of drug-likeness (QED) is 0.178. The van der Waals surface area contributed by atoms with Crippen LogP contribution < -0.4 is 20.9 Å². The normalized spacial score (nSPS) is 15.1. The summed E-state index contributed by atoms with van der Waals surface area (Å²) < 4.78 is 5.42. The lowest BCUT2D eigenvalue weighted by molar-refractivity contribution is -0.110. The number of benzene rings is 3. The van der Waals surface area contributed by atoms with E-state index in [0.717, 1.165) is 49.0 Å². The predicted octanol–water partition coefficient (Wildman–Crippen LogP) is 5.68. The molecule has 0 radical (unpaired) electrons. The summed E-state index contributed by atoms with van der Waals surface area (Å²) in [6, 6.07) is 23.0. The summed E-state index contributed by atoms with van der Waals surface area (Å²) in [6.07, 6.45) is 1.68. The van der Waals surface area contributed by atoms with Crippen LogP contribution in [-0.4, -0.2) is 49.7 Å². The summed E-state index contributed by atoms with van der Waals surface area (Å²) >= 11 is 1.13. The van der Waals surface area contributed by atoms with Crippen molar-refractivity contribution in [3.05, 3.63) is 112 Å². The molecular formula is C33H28N4O5S. The van der Waals surface area contributed by atoms with Crippen molar-refractivity contribution in [1.82, 2.24) is 0 Å². The molecule has 3 heterocycles. The fourth-order valence-corrected chi connectivity index (χ4v) is 5.73. The number of Topliss-reactive ketones (excluding diaryl/α,β-unsaturated/α-hetero) is 1. The smallest absolute Gasteiger partial charge is 0.265 e. The minimum atomic E-state index is -0.325. The van der Waals surface area contributed by atoms with Crippen molar-refractivity contribution in [1.29, 1.82) is 0 Å². The molecule has 2 aliphatic rings. The van der Waals surface area contributed by atoms with E-state index < -0.39 is 0 Å². The average molecular weight is 593 g/mol. The Hall–Kier alpha value is -5.06. The van der Waals surface area contributed by atoms with Crippen molar-refractivity contribution < 1.29 is 23.9 Å². The van der Waals surface area contributed by atoms with Crippen molar-refractivity contribution in [2.75, 3.05) is 47.2 Å². The van der Waals surface area contributed by atoms with Crippen molar-refractivity contribution in [2.24, 2.45) is 0 Å². The van der Waals surface area contributed by atoms with Gasteiger partial charge in [0.15, 0.2) is 11.6 Å². The first kappa shape index (κ1) is 28.1. The van der Waals surface area contributed by atoms with Gasteiger partial charge in [0.05, 0.1) is 28.5 Å². The Balaban J connectivity index is 1.11. The number of rotatable bonds is 8. The number of nitrogens with one attached hydrogen (secondary N) is 3. The molecule has 3 N–H and O–H groups in total. The molecule has 43 heavy (non-hydrogen) atoms. The van der Waals surface area contributed by atoms with Crippen LogP contribution in [0.5, 0.6) is 0 Å². The summed E-state index contributed by atoms with van der Waals surface area (Å²) in [4.78, 5) is 53.2. The number of fused-ring (bicyclic) bond motifs is 1. The summed E-state index contributed by atoms with van der Waals surface area (Å²) in [5.41, 5.74) is 5.13. The van der Waals surface area contributed by atoms with Crippen LogP contribution in [0.25, 0.3) is 5.57 Å². The van der Waals surface area contributed by atoms with E-state index in [9.17, 15) is 19.2 Å². The van der Waals surface area contributed by atoms with Crippen molar-refractivity contribution in [3.63, 3.8) is 0 Å². The molecule has 9 nitrogen and oxygen atoms in total.